The molecule has 0 N–H and O–H groups in total. The van der Waals surface area contributed by atoms with E-state index in [2.05, 4.69) is 52.7 Å². The average molecular weight is 454 g/mol. The summed E-state index contributed by atoms with van der Waals surface area (Å²) in [5, 5.41) is 1.38. The van der Waals surface area contributed by atoms with Crippen molar-refractivity contribution in [3.63, 3.8) is 0 Å². The van der Waals surface area contributed by atoms with Gasteiger partial charge in [0.15, 0.2) is 0 Å². The fourth-order valence-corrected chi connectivity index (χ4v) is 22.4. The van der Waals surface area contributed by atoms with Gasteiger partial charge in [0.05, 0.1) is 5.38 Å². The maximum Gasteiger partial charge on any atom is 0.510 e. The Labute approximate surface area is 177 Å². The Bertz CT molecular complexity index is 348. The van der Waals surface area contributed by atoms with Gasteiger partial charge in [-0.2, -0.15) is 11.8 Å². The van der Waals surface area contributed by atoms with E-state index in [1.807, 2.05) is 11.8 Å². The summed E-state index contributed by atoms with van der Waals surface area (Å²) in [6, 6.07) is 8.24. The van der Waals surface area contributed by atoms with Crippen LogP contribution in [0, 0.1) is 0 Å². The van der Waals surface area contributed by atoms with E-state index < -0.39 is 25.3 Å². The number of hydrogen-bond acceptors (Lipinski definition) is 5. The highest BCUT2D eigenvalue weighted by Gasteiger charge is 2.46. The summed E-state index contributed by atoms with van der Waals surface area (Å²) in [5.41, 5.74) is 0. The van der Waals surface area contributed by atoms with Crippen molar-refractivity contribution in [3.05, 3.63) is 0 Å². The second-order valence-electron chi connectivity index (χ2n) is 7.60. The molecule has 164 valence electrons. The molecule has 1 unspecified atom stereocenters. The lowest BCUT2D eigenvalue weighted by atomic mass is 10.5. The second kappa shape index (κ2) is 13.2. The fourth-order valence-electron chi connectivity index (χ4n) is 4.52. The molecule has 0 aromatic carbocycles. The molecule has 0 bridgehead atoms. The van der Waals surface area contributed by atoms with Crippen LogP contribution in [-0.4, -0.2) is 68.0 Å². The fraction of sp³-hybridized carbons (Fsp3) is 1.00. The topological polar surface area (TPSA) is 30.9 Å². The van der Waals surface area contributed by atoms with E-state index in [1.54, 1.807) is 21.3 Å². The van der Waals surface area contributed by atoms with Crippen molar-refractivity contribution >= 4 is 37.0 Å². The van der Waals surface area contributed by atoms with E-state index in [0.717, 1.165) is 5.38 Å². The zero-order valence-electron chi connectivity index (χ0n) is 19.8. The first-order chi connectivity index (χ1) is 12.8. The van der Waals surface area contributed by atoms with E-state index in [9.17, 15) is 0 Å². The highest BCUT2D eigenvalue weighted by atomic mass is 32.2. The summed E-state index contributed by atoms with van der Waals surface area (Å²) in [7, 11) is -0.188. The van der Waals surface area contributed by atoms with E-state index in [4.69, 9.17) is 13.3 Å². The van der Waals surface area contributed by atoms with Gasteiger partial charge < -0.3 is 17.5 Å². The highest BCUT2D eigenvalue weighted by molar-refractivity contribution is 8.01. The van der Waals surface area contributed by atoms with Gasteiger partial charge in [-0.05, 0) is 42.8 Å². The van der Waals surface area contributed by atoms with Crippen LogP contribution in [0.2, 0.25) is 36.3 Å². The van der Waals surface area contributed by atoms with Crippen molar-refractivity contribution in [1.29, 1.82) is 0 Å². The largest absolute Gasteiger partial charge is 0.510 e. The molecule has 0 heterocycles. The van der Waals surface area contributed by atoms with Crippen LogP contribution < -0.4 is 0 Å². The Kier molecular flexibility index (Phi) is 13.6. The molecule has 0 amide bonds. The molecule has 0 saturated carbocycles. The molecule has 0 fully saturated rings. The van der Waals surface area contributed by atoms with Crippen LogP contribution in [0.25, 0.3) is 0 Å². The maximum atomic E-state index is 5.63. The Morgan fingerprint density at radius 3 is 1.30 bits per heavy atom. The lowest BCUT2D eigenvalue weighted by molar-refractivity contribution is 0.130. The average Bonchev–Trinajstić information content (AvgIpc) is 2.72. The zero-order valence-corrected chi connectivity index (χ0v) is 23.6. The summed E-state index contributed by atoms with van der Waals surface area (Å²) < 4.78 is 20.1. The van der Waals surface area contributed by atoms with E-state index in [-0.39, 0.29) is 0 Å². The normalized spacial score (nSPS) is 14.8. The minimum atomic E-state index is -2.51. The smallest absolute Gasteiger partial charge is 0.376 e. The lowest BCUT2D eigenvalue weighted by Crippen LogP contribution is -2.67. The van der Waals surface area contributed by atoms with E-state index >= 15 is 0 Å². The van der Waals surface area contributed by atoms with Crippen LogP contribution in [0.1, 0.15) is 48.5 Å². The molecule has 0 aliphatic carbocycles. The molecule has 0 saturated heterocycles. The van der Waals surface area contributed by atoms with Crippen molar-refractivity contribution in [2.75, 3.05) is 33.3 Å². The van der Waals surface area contributed by atoms with Crippen LogP contribution in [0.5, 0.6) is 0 Å². The minimum Gasteiger partial charge on any atom is -0.376 e. The molecular formula is C19H47NO3SSi3. The first-order valence-corrected chi connectivity index (χ1v) is 18.9. The van der Waals surface area contributed by atoms with Crippen LogP contribution in [-0.2, 0) is 13.3 Å². The third kappa shape index (κ3) is 6.67. The first-order valence-electron chi connectivity index (χ1n) is 10.8. The highest BCUT2D eigenvalue weighted by Crippen LogP contribution is 2.37. The number of nitrogens with zero attached hydrogens (tertiary/aromatic N) is 1. The lowest BCUT2D eigenvalue weighted by Gasteiger charge is -2.53. The predicted octanol–water partition coefficient (Wildman–Crippen LogP) is 5.84. The Morgan fingerprint density at radius 1 is 0.704 bits per heavy atom. The standard InChI is InChI=1S/C19H47NO3SSi3/c1-11-25(12-2,13-3)20(26(14-4,15-5)16-6)17-19(7)24-18-27(21-8,22-9)23-10/h19H,11-18H2,1-10H3. The van der Waals surface area contributed by atoms with Crippen molar-refractivity contribution in [2.45, 2.75) is 90.0 Å². The Balaban J connectivity index is 5.59. The van der Waals surface area contributed by atoms with Crippen molar-refractivity contribution in [1.82, 2.24) is 4.23 Å². The van der Waals surface area contributed by atoms with Gasteiger partial charge in [-0.1, -0.05) is 48.5 Å². The molecule has 4 nitrogen and oxygen atoms in total. The summed E-state index contributed by atoms with van der Waals surface area (Å²) in [5.74, 6) is 0. The van der Waals surface area contributed by atoms with Gasteiger partial charge in [0.2, 0.25) is 0 Å². The van der Waals surface area contributed by atoms with Crippen LogP contribution in [0.3, 0.4) is 0 Å². The first kappa shape index (κ1) is 27.8. The third-order valence-corrected chi connectivity index (χ3v) is 25.1. The van der Waals surface area contributed by atoms with Gasteiger partial charge in [0, 0.05) is 26.6 Å². The van der Waals surface area contributed by atoms with E-state index in [0.29, 0.717) is 5.25 Å². The molecule has 1 atom stereocenters. The summed E-state index contributed by atoms with van der Waals surface area (Å²) in [4.78, 5) is 0. The monoisotopic (exact) mass is 453 g/mol. The number of hydrogen-bond donors (Lipinski definition) is 0. The molecule has 0 radical (unpaired) electrons. The second-order valence-corrected chi connectivity index (χ2v) is 23.1. The van der Waals surface area contributed by atoms with Gasteiger partial charge in [0.1, 0.15) is 16.5 Å². The van der Waals surface area contributed by atoms with Crippen LogP contribution >= 0.6 is 11.8 Å². The molecule has 0 aromatic rings. The predicted molar refractivity (Wildman–Crippen MR) is 130 cm³/mol. The molecule has 27 heavy (non-hydrogen) atoms. The van der Waals surface area contributed by atoms with Gasteiger partial charge in [0.25, 0.3) is 0 Å². The molecule has 8 heteroatoms. The Hall–Kier alpha value is 0.841. The van der Waals surface area contributed by atoms with Crippen LogP contribution in [0.4, 0.5) is 0 Å². The van der Waals surface area contributed by atoms with Crippen molar-refractivity contribution < 1.29 is 13.3 Å². The molecule has 0 spiro atoms. The molecule has 0 rings (SSSR count). The quantitative estimate of drug-likeness (QED) is 0.274. The number of thioether (sulfide) groups is 1. The molecule has 0 aromatic heterocycles. The zero-order chi connectivity index (χ0) is 21.1. The van der Waals surface area contributed by atoms with Crippen molar-refractivity contribution in [3.8, 4) is 0 Å². The SMILES string of the molecule is CC[Si](CC)(CC)N(CC(C)SC[Si](OC)(OC)OC)[Si](CC)(CC)CC. The van der Waals surface area contributed by atoms with Gasteiger partial charge in [-0.3, -0.25) is 0 Å². The molecular weight excluding hydrogens is 407 g/mol. The molecule has 0 aliphatic heterocycles. The summed E-state index contributed by atoms with van der Waals surface area (Å²) in [6.07, 6.45) is 0. The van der Waals surface area contributed by atoms with Crippen molar-refractivity contribution in [2.24, 2.45) is 0 Å². The van der Waals surface area contributed by atoms with Gasteiger partial charge >= 0.3 is 8.80 Å². The van der Waals surface area contributed by atoms with Gasteiger partial charge in [-0.25, -0.2) is 0 Å². The minimum absolute atomic E-state index is 0.561. The summed E-state index contributed by atoms with van der Waals surface area (Å²) >= 11 is 1.97. The van der Waals surface area contributed by atoms with E-state index in [1.165, 1.54) is 42.8 Å². The van der Waals surface area contributed by atoms with Crippen LogP contribution in [0.15, 0.2) is 0 Å². The maximum absolute atomic E-state index is 5.63. The number of rotatable bonds is 16. The molecule has 0 aliphatic rings. The summed E-state index contributed by atoms with van der Waals surface area (Å²) in [6.45, 7) is 18.3. The van der Waals surface area contributed by atoms with Gasteiger partial charge in [-0.15, -0.1) is 0 Å². The third-order valence-electron chi connectivity index (χ3n) is 7.01. The Morgan fingerprint density at radius 2 is 1.04 bits per heavy atom.